The normalized spacial score (nSPS) is 18.3. The zero-order chi connectivity index (χ0) is 19.6. The Balaban J connectivity index is 1.48. The number of hydrogen-bond donors (Lipinski definition) is 1. The molecule has 7 nitrogen and oxygen atoms in total. The van der Waals surface area contributed by atoms with Crippen LogP contribution in [0.25, 0.3) is 16.9 Å². The molecule has 0 spiro atoms. The Kier molecular flexibility index (Phi) is 4.79. The van der Waals surface area contributed by atoms with E-state index in [-0.39, 0.29) is 5.91 Å². The third-order valence-corrected chi connectivity index (χ3v) is 5.83. The van der Waals surface area contributed by atoms with Crippen molar-refractivity contribution < 1.29 is 9.53 Å². The molecule has 2 aromatic heterocycles. The lowest BCUT2D eigenvalue weighted by Crippen LogP contribution is -2.40. The molecule has 0 radical (unpaired) electrons. The number of amides is 1. The van der Waals surface area contributed by atoms with Crippen LogP contribution in [0.3, 0.4) is 0 Å². The summed E-state index contributed by atoms with van der Waals surface area (Å²) in [6.07, 6.45) is 5.17. The van der Waals surface area contributed by atoms with Crippen LogP contribution in [-0.2, 0) is 4.79 Å². The lowest BCUT2D eigenvalue weighted by Gasteiger charge is -2.32. The second-order valence-electron chi connectivity index (χ2n) is 7.82. The number of nitrogens with one attached hydrogen (secondary N) is 1. The summed E-state index contributed by atoms with van der Waals surface area (Å²) < 4.78 is 7.79. The number of nitrogens with zero attached hydrogens (tertiary/aromatic N) is 4. The smallest absolute Gasteiger partial charge is 0.222 e. The zero-order valence-corrected chi connectivity index (χ0v) is 16.4. The molecule has 7 heteroatoms. The first-order valence-corrected chi connectivity index (χ1v) is 10.4. The average Bonchev–Trinajstić information content (AvgIpc) is 3.18. The van der Waals surface area contributed by atoms with Crippen LogP contribution in [0, 0.1) is 5.92 Å². The molecule has 6 rings (SSSR count). The van der Waals surface area contributed by atoms with Crippen molar-refractivity contribution in [1.29, 1.82) is 0 Å². The molecule has 6 bridgehead atoms. The molecule has 1 aromatic carbocycles. The number of carbonyl (C=O) groups excluding carboxylic acids is 1. The van der Waals surface area contributed by atoms with Gasteiger partial charge in [-0.25, -0.2) is 9.50 Å². The summed E-state index contributed by atoms with van der Waals surface area (Å²) in [6.45, 7) is 3.08. The highest BCUT2D eigenvalue weighted by Crippen LogP contribution is 2.26. The van der Waals surface area contributed by atoms with Crippen LogP contribution >= 0.6 is 0 Å². The van der Waals surface area contributed by atoms with Crippen LogP contribution in [0.1, 0.15) is 25.7 Å². The molecule has 0 aliphatic carbocycles. The highest BCUT2D eigenvalue weighted by atomic mass is 16.5. The molecule has 1 amide bonds. The second-order valence-corrected chi connectivity index (χ2v) is 7.82. The minimum absolute atomic E-state index is 0.242. The van der Waals surface area contributed by atoms with E-state index in [1.54, 1.807) is 0 Å². The van der Waals surface area contributed by atoms with Crippen LogP contribution < -0.4 is 10.1 Å². The Labute approximate surface area is 169 Å². The molecule has 0 atom stereocenters. The maximum absolute atomic E-state index is 12.5. The number of ether oxygens (including phenoxy) is 1. The van der Waals surface area contributed by atoms with Crippen molar-refractivity contribution in [2.75, 3.05) is 31.6 Å². The van der Waals surface area contributed by atoms with Gasteiger partial charge in [-0.1, -0.05) is 12.1 Å². The Hall–Kier alpha value is -3.09. The number of carbonyl (C=O) groups is 1. The van der Waals surface area contributed by atoms with Gasteiger partial charge >= 0.3 is 0 Å². The molecule has 3 aliphatic rings. The molecule has 0 saturated carbocycles. The van der Waals surface area contributed by atoms with E-state index >= 15 is 0 Å². The van der Waals surface area contributed by atoms with Crippen LogP contribution in [0.15, 0.2) is 42.6 Å². The monoisotopic (exact) mass is 391 g/mol. The standard InChI is InChI=1S/C22H25N5O2/c28-22-5-2-12-29-18-4-1-3-17(13-18)19-15-24-21-7-6-20(25-27(19)21)23-14-16-8-10-26(22)11-9-16/h1,3-4,6-7,13,15-16H,2,5,8-12,14H2,(H,23,25). The Bertz CT molecular complexity index is 1020. The first-order chi connectivity index (χ1) is 14.3. The van der Waals surface area contributed by atoms with Gasteiger partial charge < -0.3 is 15.0 Å². The van der Waals surface area contributed by atoms with Crippen LogP contribution in [0.5, 0.6) is 5.75 Å². The van der Waals surface area contributed by atoms with Gasteiger partial charge in [0.2, 0.25) is 5.91 Å². The molecule has 5 heterocycles. The number of piperidine rings is 1. The number of anilines is 1. The molecule has 150 valence electrons. The fourth-order valence-corrected chi connectivity index (χ4v) is 4.12. The summed E-state index contributed by atoms with van der Waals surface area (Å²) in [5.41, 5.74) is 2.75. The fourth-order valence-electron chi connectivity index (χ4n) is 4.12. The fraction of sp³-hybridized carbons (Fsp3) is 0.409. The van der Waals surface area contributed by atoms with E-state index in [0.717, 1.165) is 67.4 Å². The number of rotatable bonds is 0. The maximum atomic E-state index is 12.5. The second kappa shape index (κ2) is 7.73. The van der Waals surface area contributed by atoms with Crippen molar-refractivity contribution in [3.63, 3.8) is 0 Å². The van der Waals surface area contributed by atoms with Crippen molar-refractivity contribution in [1.82, 2.24) is 19.5 Å². The Morgan fingerprint density at radius 3 is 2.93 bits per heavy atom. The van der Waals surface area contributed by atoms with Gasteiger partial charge in [-0.3, -0.25) is 4.79 Å². The molecule has 1 fully saturated rings. The van der Waals surface area contributed by atoms with E-state index in [0.29, 0.717) is 18.9 Å². The van der Waals surface area contributed by atoms with Crippen molar-refractivity contribution in [3.8, 4) is 17.0 Å². The molecule has 1 N–H and O–H groups in total. The third-order valence-electron chi connectivity index (χ3n) is 5.83. The van der Waals surface area contributed by atoms with Gasteiger partial charge in [0.15, 0.2) is 5.65 Å². The lowest BCUT2D eigenvalue weighted by atomic mass is 9.96. The largest absolute Gasteiger partial charge is 0.494 e. The van der Waals surface area contributed by atoms with Gasteiger partial charge in [0.05, 0.1) is 18.5 Å². The first kappa shape index (κ1) is 18.0. The average molecular weight is 391 g/mol. The lowest BCUT2D eigenvalue weighted by molar-refractivity contribution is -0.132. The molecular weight excluding hydrogens is 366 g/mol. The molecule has 29 heavy (non-hydrogen) atoms. The predicted molar refractivity (Wildman–Crippen MR) is 111 cm³/mol. The van der Waals surface area contributed by atoms with E-state index in [2.05, 4.69) is 10.3 Å². The van der Waals surface area contributed by atoms with Crippen molar-refractivity contribution in [2.45, 2.75) is 25.7 Å². The Morgan fingerprint density at radius 2 is 2.03 bits per heavy atom. The molecule has 3 aromatic rings. The minimum Gasteiger partial charge on any atom is -0.494 e. The number of fused-ring (bicyclic) bond motifs is 7. The van der Waals surface area contributed by atoms with Gasteiger partial charge in [0.25, 0.3) is 0 Å². The van der Waals surface area contributed by atoms with Crippen molar-refractivity contribution in [2.24, 2.45) is 5.92 Å². The van der Waals surface area contributed by atoms with Gasteiger partial charge in [0, 0.05) is 31.6 Å². The summed E-state index contributed by atoms with van der Waals surface area (Å²) in [7, 11) is 0. The van der Waals surface area contributed by atoms with Crippen molar-refractivity contribution in [3.05, 3.63) is 42.6 Å². The van der Waals surface area contributed by atoms with Gasteiger partial charge in [-0.05, 0) is 49.4 Å². The van der Waals surface area contributed by atoms with Crippen molar-refractivity contribution >= 4 is 17.4 Å². The number of benzene rings is 1. The third kappa shape index (κ3) is 3.77. The van der Waals surface area contributed by atoms with E-state index in [1.165, 1.54) is 0 Å². The maximum Gasteiger partial charge on any atom is 0.222 e. The predicted octanol–water partition coefficient (Wildman–Crippen LogP) is 3.22. The molecule has 0 unspecified atom stereocenters. The number of hydrogen-bond acceptors (Lipinski definition) is 5. The number of imidazole rings is 1. The van der Waals surface area contributed by atoms with Gasteiger partial charge in [-0.15, -0.1) is 5.10 Å². The quantitative estimate of drug-likeness (QED) is 0.637. The highest BCUT2D eigenvalue weighted by molar-refractivity contribution is 5.76. The van der Waals surface area contributed by atoms with Gasteiger partial charge in [-0.2, -0.15) is 0 Å². The zero-order valence-electron chi connectivity index (χ0n) is 16.4. The molecule has 1 saturated heterocycles. The summed E-state index contributed by atoms with van der Waals surface area (Å²) in [4.78, 5) is 19.0. The summed E-state index contributed by atoms with van der Waals surface area (Å²) in [6, 6.07) is 11.9. The van der Waals surface area contributed by atoms with Crippen LogP contribution in [0.4, 0.5) is 5.82 Å². The van der Waals surface area contributed by atoms with Crippen LogP contribution in [-0.4, -0.2) is 51.6 Å². The van der Waals surface area contributed by atoms with E-state index in [1.807, 2.05) is 52.0 Å². The highest BCUT2D eigenvalue weighted by Gasteiger charge is 2.22. The van der Waals surface area contributed by atoms with E-state index in [4.69, 9.17) is 9.84 Å². The summed E-state index contributed by atoms with van der Waals surface area (Å²) >= 11 is 0. The molecular formula is C22H25N5O2. The summed E-state index contributed by atoms with van der Waals surface area (Å²) in [5, 5.41) is 8.24. The SMILES string of the molecule is O=C1CCCOc2cccc(c2)-c2cnc3ccc(nn23)NCC2CCN1CC2. The Morgan fingerprint density at radius 1 is 1.14 bits per heavy atom. The van der Waals surface area contributed by atoms with Crippen LogP contribution in [0.2, 0.25) is 0 Å². The minimum atomic E-state index is 0.242. The van der Waals surface area contributed by atoms with E-state index < -0.39 is 0 Å². The number of aromatic nitrogens is 3. The topological polar surface area (TPSA) is 71.8 Å². The summed E-state index contributed by atoms with van der Waals surface area (Å²) in [5.74, 6) is 2.42. The first-order valence-electron chi connectivity index (χ1n) is 10.4. The van der Waals surface area contributed by atoms with E-state index in [9.17, 15) is 4.79 Å². The van der Waals surface area contributed by atoms with Gasteiger partial charge in [0.1, 0.15) is 11.6 Å². The molecule has 3 aliphatic heterocycles.